The number of aliphatic hydroxyl groups is 1. The lowest BCUT2D eigenvalue weighted by Crippen LogP contribution is -2.54. The number of piperidine rings is 1. The molecule has 7 heteroatoms. The third kappa shape index (κ3) is 2.45. The van der Waals surface area contributed by atoms with E-state index < -0.39 is 24.6 Å². The van der Waals surface area contributed by atoms with Crippen LogP contribution in [0.15, 0.2) is 30.3 Å². The fourth-order valence-corrected chi connectivity index (χ4v) is 2.72. The van der Waals surface area contributed by atoms with Crippen LogP contribution in [0.5, 0.6) is 0 Å². The SMILES string of the molecule is O=C(c1cc2ccccc2[nH]1)N1CCC(O)(C(F)(F)F)CC1. The van der Waals surface area contributed by atoms with Gasteiger partial charge in [-0.3, -0.25) is 4.79 Å². The van der Waals surface area contributed by atoms with Crippen LogP contribution in [0.2, 0.25) is 0 Å². The minimum absolute atomic E-state index is 0.121. The highest BCUT2D eigenvalue weighted by molar-refractivity contribution is 5.98. The zero-order chi connectivity index (χ0) is 16.0. The summed E-state index contributed by atoms with van der Waals surface area (Å²) in [6.45, 7) is -0.242. The van der Waals surface area contributed by atoms with Crippen molar-refractivity contribution in [2.75, 3.05) is 13.1 Å². The number of halogens is 3. The van der Waals surface area contributed by atoms with Crippen LogP contribution in [0, 0.1) is 0 Å². The van der Waals surface area contributed by atoms with Gasteiger partial charge < -0.3 is 15.0 Å². The molecule has 1 aromatic carbocycles. The highest BCUT2D eigenvalue weighted by Gasteiger charge is 2.54. The Morgan fingerprint density at radius 1 is 1.23 bits per heavy atom. The Hall–Kier alpha value is -2.02. The zero-order valence-electron chi connectivity index (χ0n) is 11.7. The van der Waals surface area contributed by atoms with E-state index >= 15 is 0 Å². The van der Waals surface area contributed by atoms with Crippen LogP contribution in [0.25, 0.3) is 10.9 Å². The van der Waals surface area contributed by atoms with Gasteiger partial charge in [0.1, 0.15) is 5.69 Å². The van der Waals surface area contributed by atoms with E-state index in [4.69, 9.17) is 0 Å². The number of alkyl halides is 3. The van der Waals surface area contributed by atoms with E-state index in [-0.39, 0.29) is 19.0 Å². The van der Waals surface area contributed by atoms with Crippen molar-refractivity contribution in [2.45, 2.75) is 24.6 Å². The molecule has 0 radical (unpaired) electrons. The number of hydrogen-bond donors (Lipinski definition) is 2. The number of rotatable bonds is 1. The molecule has 22 heavy (non-hydrogen) atoms. The number of aromatic amines is 1. The first kappa shape index (κ1) is 14.9. The molecule has 118 valence electrons. The van der Waals surface area contributed by atoms with Gasteiger partial charge in [0.2, 0.25) is 0 Å². The van der Waals surface area contributed by atoms with E-state index in [1.165, 1.54) is 4.90 Å². The van der Waals surface area contributed by atoms with Gasteiger partial charge in [-0.2, -0.15) is 13.2 Å². The molecule has 3 rings (SSSR count). The van der Waals surface area contributed by atoms with Gasteiger partial charge in [0, 0.05) is 36.8 Å². The molecule has 1 amide bonds. The van der Waals surface area contributed by atoms with Gasteiger partial charge in [-0.1, -0.05) is 18.2 Å². The number of amides is 1. The number of nitrogens with zero attached hydrogens (tertiary/aromatic N) is 1. The summed E-state index contributed by atoms with van der Waals surface area (Å²) < 4.78 is 38.3. The van der Waals surface area contributed by atoms with Crippen molar-refractivity contribution < 1.29 is 23.1 Å². The van der Waals surface area contributed by atoms with Gasteiger partial charge in [-0.05, 0) is 12.1 Å². The number of likely N-dealkylation sites (tertiary alicyclic amines) is 1. The average molecular weight is 312 g/mol. The molecule has 4 nitrogen and oxygen atoms in total. The van der Waals surface area contributed by atoms with Crippen molar-refractivity contribution in [3.63, 3.8) is 0 Å². The highest BCUT2D eigenvalue weighted by atomic mass is 19.4. The highest BCUT2D eigenvalue weighted by Crippen LogP contribution is 2.38. The predicted octanol–water partition coefficient (Wildman–Crippen LogP) is 2.70. The Kier molecular flexibility index (Phi) is 3.40. The minimum Gasteiger partial charge on any atom is -0.380 e. The van der Waals surface area contributed by atoms with Crippen molar-refractivity contribution in [2.24, 2.45) is 0 Å². The molecule has 1 aliphatic heterocycles. The van der Waals surface area contributed by atoms with Gasteiger partial charge in [-0.15, -0.1) is 0 Å². The second kappa shape index (κ2) is 5.01. The van der Waals surface area contributed by atoms with E-state index in [0.717, 1.165) is 10.9 Å². The Balaban J connectivity index is 1.75. The molecule has 2 heterocycles. The fraction of sp³-hybridized carbons (Fsp3) is 0.400. The Morgan fingerprint density at radius 2 is 1.86 bits per heavy atom. The summed E-state index contributed by atoms with van der Waals surface area (Å²) in [5, 5.41) is 10.5. The van der Waals surface area contributed by atoms with E-state index in [1.54, 1.807) is 6.07 Å². The van der Waals surface area contributed by atoms with Gasteiger partial charge >= 0.3 is 6.18 Å². The number of nitrogens with one attached hydrogen (secondary N) is 1. The maximum atomic E-state index is 12.8. The lowest BCUT2D eigenvalue weighted by atomic mass is 9.90. The van der Waals surface area contributed by atoms with Crippen molar-refractivity contribution >= 4 is 16.8 Å². The Morgan fingerprint density at radius 3 is 2.45 bits per heavy atom. The summed E-state index contributed by atoms with van der Waals surface area (Å²) in [7, 11) is 0. The van der Waals surface area contributed by atoms with Crippen LogP contribution in [0.3, 0.4) is 0 Å². The predicted molar refractivity (Wildman–Crippen MR) is 74.4 cm³/mol. The first-order chi connectivity index (χ1) is 10.3. The van der Waals surface area contributed by atoms with E-state index in [2.05, 4.69) is 4.98 Å². The number of fused-ring (bicyclic) bond motifs is 1. The standard InChI is InChI=1S/C15H15F3N2O2/c16-15(17,18)14(22)5-7-20(8-6-14)13(21)12-9-10-3-1-2-4-11(10)19-12/h1-4,9,19,22H,5-8H2. The quantitative estimate of drug-likeness (QED) is 0.850. The maximum Gasteiger partial charge on any atom is 0.417 e. The fourth-order valence-electron chi connectivity index (χ4n) is 2.72. The van der Waals surface area contributed by atoms with Crippen LogP contribution in [0.1, 0.15) is 23.3 Å². The molecule has 0 unspecified atom stereocenters. The molecule has 1 fully saturated rings. The Labute approximate surface area is 124 Å². The Bertz CT molecular complexity index is 667. The second-order valence-electron chi connectivity index (χ2n) is 5.59. The van der Waals surface area contributed by atoms with Crippen molar-refractivity contribution in [3.8, 4) is 0 Å². The van der Waals surface area contributed by atoms with Crippen LogP contribution in [-0.4, -0.2) is 45.8 Å². The van der Waals surface area contributed by atoms with Crippen molar-refractivity contribution in [1.29, 1.82) is 0 Å². The molecule has 0 bridgehead atoms. The molecule has 1 aromatic heterocycles. The maximum absolute atomic E-state index is 12.8. The van der Waals surface area contributed by atoms with E-state index in [1.807, 2.05) is 24.3 Å². The van der Waals surface area contributed by atoms with Crippen molar-refractivity contribution in [1.82, 2.24) is 9.88 Å². The first-order valence-corrected chi connectivity index (χ1v) is 6.96. The number of H-pyrrole nitrogens is 1. The molecule has 0 aliphatic carbocycles. The summed E-state index contributed by atoms with van der Waals surface area (Å²) in [6, 6.07) is 9.03. The topological polar surface area (TPSA) is 56.3 Å². The summed E-state index contributed by atoms with van der Waals surface area (Å²) in [5.41, 5.74) is -1.54. The van der Waals surface area contributed by atoms with Crippen LogP contribution in [-0.2, 0) is 0 Å². The van der Waals surface area contributed by atoms with Crippen LogP contribution >= 0.6 is 0 Å². The smallest absolute Gasteiger partial charge is 0.380 e. The zero-order valence-corrected chi connectivity index (χ0v) is 11.7. The first-order valence-electron chi connectivity index (χ1n) is 6.96. The molecular formula is C15H15F3N2O2. The third-order valence-electron chi connectivity index (χ3n) is 4.17. The molecule has 0 atom stereocenters. The van der Waals surface area contributed by atoms with Gasteiger partial charge in [0.05, 0.1) is 0 Å². The molecule has 2 aromatic rings. The monoisotopic (exact) mass is 312 g/mol. The summed E-state index contributed by atoms with van der Waals surface area (Å²) in [5.74, 6) is -0.347. The van der Waals surface area contributed by atoms with Crippen LogP contribution < -0.4 is 0 Å². The molecule has 1 aliphatic rings. The van der Waals surface area contributed by atoms with E-state index in [9.17, 15) is 23.1 Å². The van der Waals surface area contributed by atoms with Gasteiger partial charge in [0.25, 0.3) is 5.91 Å². The molecule has 2 N–H and O–H groups in total. The van der Waals surface area contributed by atoms with Crippen molar-refractivity contribution in [3.05, 3.63) is 36.0 Å². The number of carbonyl (C=O) groups excluding carboxylic acids is 1. The molecular weight excluding hydrogens is 297 g/mol. The lowest BCUT2D eigenvalue weighted by Gasteiger charge is -2.38. The minimum atomic E-state index is -4.66. The van der Waals surface area contributed by atoms with Crippen LogP contribution in [0.4, 0.5) is 13.2 Å². The number of aromatic nitrogens is 1. The summed E-state index contributed by atoms with van der Waals surface area (Å²) in [6.07, 6.45) is -5.66. The normalized spacial score (nSPS) is 18.6. The van der Waals surface area contributed by atoms with Gasteiger partial charge in [-0.25, -0.2) is 0 Å². The number of carbonyl (C=O) groups is 1. The van der Waals surface area contributed by atoms with Gasteiger partial charge in [0.15, 0.2) is 5.60 Å². The average Bonchev–Trinajstić information content (AvgIpc) is 2.90. The number of benzene rings is 1. The largest absolute Gasteiger partial charge is 0.417 e. The number of hydrogen-bond acceptors (Lipinski definition) is 2. The molecule has 0 saturated carbocycles. The van der Waals surface area contributed by atoms with E-state index in [0.29, 0.717) is 5.69 Å². The molecule has 1 saturated heterocycles. The second-order valence-corrected chi connectivity index (χ2v) is 5.59. The number of para-hydroxylation sites is 1. The summed E-state index contributed by atoms with van der Waals surface area (Å²) >= 11 is 0. The molecule has 0 spiro atoms. The third-order valence-corrected chi connectivity index (χ3v) is 4.17. The lowest BCUT2D eigenvalue weighted by molar-refractivity contribution is -0.271. The summed E-state index contributed by atoms with van der Waals surface area (Å²) in [4.78, 5) is 16.7.